The van der Waals surface area contributed by atoms with Crippen LogP contribution >= 0.6 is 0 Å². The summed E-state index contributed by atoms with van der Waals surface area (Å²) in [6.07, 6.45) is 0.278. The van der Waals surface area contributed by atoms with E-state index in [0.717, 1.165) is 0 Å². The van der Waals surface area contributed by atoms with Crippen molar-refractivity contribution < 1.29 is 17.0 Å². The highest BCUT2D eigenvalue weighted by Gasteiger charge is 2.33. The van der Waals surface area contributed by atoms with Gasteiger partial charge in [0.15, 0.2) is 0 Å². The standard InChI is InChI=1S/C6H11FO3S/c1-5-4-10-3-2-6(5)11(7,8)9/h5-6H,2-4H2,1H3. The van der Waals surface area contributed by atoms with Gasteiger partial charge in [-0.2, -0.15) is 8.42 Å². The van der Waals surface area contributed by atoms with E-state index in [0.29, 0.717) is 13.2 Å². The molecule has 0 spiro atoms. The minimum atomic E-state index is -4.36. The zero-order valence-electron chi connectivity index (χ0n) is 6.29. The first kappa shape index (κ1) is 8.93. The Morgan fingerprint density at radius 2 is 2.18 bits per heavy atom. The van der Waals surface area contributed by atoms with E-state index < -0.39 is 15.5 Å². The first-order valence-electron chi connectivity index (χ1n) is 3.53. The zero-order valence-corrected chi connectivity index (χ0v) is 7.10. The molecule has 1 aliphatic heterocycles. The second-order valence-corrected chi connectivity index (χ2v) is 4.41. The normalized spacial score (nSPS) is 33.6. The fourth-order valence-electron chi connectivity index (χ4n) is 1.28. The van der Waals surface area contributed by atoms with Crippen LogP contribution in [0.3, 0.4) is 0 Å². The summed E-state index contributed by atoms with van der Waals surface area (Å²) < 4.78 is 38.4. The zero-order chi connectivity index (χ0) is 8.48. The lowest BCUT2D eigenvalue weighted by molar-refractivity contribution is 0.0628. The minimum absolute atomic E-state index is 0.223. The molecule has 0 N–H and O–H groups in total. The summed E-state index contributed by atoms with van der Waals surface area (Å²) in [4.78, 5) is 0. The fraction of sp³-hybridized carbons (Fsp3) is 1.00. The molecule has 1 rings (SSSR count). The molecule has 2 atom stereocenters. The highest BCUT2D eigenvalue weighted by atomic mass is 32.3. The first-order chi connectivity index (χ1) is 5.02. The SMILES string of the molecule is CC1COCCC1S(=O)(=O)F. The average molecular weight is 182 g/mol. The van der Waals surface area contributed by atoms with Crippen LogP contribution in [-0.2, 0) is 15.0 Å². The minimum Gasteiger partial charge on any atom is -0.381 e. The van der Waals surface area contributed by atoms with Crippen LogP contribution in [0.25, 0.3) is 0 Å². The number of hydrogen-bond donors (Lipinski definition) is 0. The molecule has 0 saturated carbocycles. The van der Waals surface area contributed by atoms with Gasteiger partial charge in [0.05, 0.1) is 11.9 Å². The van der Waals surface area contributed by atoms with E-state index in [9.17, 15) is 12.3 Å². The lowest BCUT2D eigenvalue weighted by atomic mass is 10.0. The van der Waals surface area contributed by atoms with Crippen LogP contribution in [-0.4, -0.2) is 26.9 Å². The quantitative estimate of drug-likeness (QED) is 0.561. The van der Waals surface area contributed by atoms with Crippen molar-refractivity contribution in [1.29, 1.82) is 0 Å². The molecule has 0 bridgehead atoms. The molecule has 0 amide bonds. The van der Waals surface area contributed by atoms with Crippen LogP contribution in [0.15, 0.2) is 0 Å². The van der Waals surface area contributed by atoms with Crippen LogP contribution < -0.4 is 0 Å². The van der Waals surface area contributed by atoms with E-state index >= 15 is 0 Å². The van der Waals surface area contributed by atoms with Gasteiger partial charge >= 0.3 is 10.2 Å². The van der Waals surface area contributed by atoms with Crippen molar-refractivity contribution >= 4 is 10.2 Å². The second-order valence-electron chi connectivity index (χ2n) is 2.85. The van der Waals surface area contributed by atoms with E-state index in [4.69, 9.17) is 4.74 Å². The monoisotopic (exact) mass is 182 g/mol. The Morgan fingerprint density at radius 1 is 1.55 bits per heavy atom. The number of rotatable bonds is 1. The number of hydrogen-bond acceptors (Lipinski definition) is 3. The van der Waals surface area contributed by atoms with Crippen molar-refractivity contribution in [1.82, 2.24) is 0 Å². The molecule has 1 heterocycles. The van der Waals surface area contributed by atoms with E-state index in [1.54, 1.807) is 6.92 Å². The number of halogens is 1. The molecule has 2 unspecified atom stereocenters. The van der Waals surface area contributed by atoms with Crippen molar-refractivity contribution in [3.8, 4) is 0 Å². The van der Waals surface area contributed by atoms with E-state index in [-0.39, 0.29) is 12.3 Å². The molecule has 0 aliphatic carbocycles. The Bertz CT molecular complexity index is 224. The van der Waals surface area contributed by atoms with Crippen LogP contribution in [0.5, 0.6) is 0 Å². The van der Waals surface area contributed by atoms with Gasteiger partial charge in [-0.3, -0.25) is 0 Å². The summed E-state index contributed by atoms with van der Waals surface area (Å²) in [5, 5.41) is -0.851. The van der Waals surface area contributed by atoms with Gasteiger partial charge in [-0.1, -0.05) is 6.92 Å². The summed E-state index contributed by atoms with van der Waals surface area (Å²) in [6.45, 7) is 2.37. The van der Waals surface area contributed by atoms with Gasteiger partial charge in [0.2, 0.25) is 0 Å². The topological polar surface area (TPSA) is 43.4 Å². The molecular weight excluding hydrogens is 171 g/mol. The second kappa shape index (κ2) is 3.06. The molecule has 0 radical (unpaired) electrons. The lowest BCUT2D eigenvalue weighted by Crippen LogP contribution is -2.34. The van der Waals surface area contributed by atoms with Crippen molar-refractivity contribution in [2.24, 2.45) is 5.92 Å². The van der Waals surface area contributed by atoms with Crippen molar-refractivity contribution in [2.45, 2.75) is 18.6 Å². The predicted octanol–water partition coefficient (Wildman–Crippen LogP) is 0.711. The van der Waals surface area contributed by atoms with Crippen molar-refractivity contribution in [3.05, 3.63) is 0 Å². The lowest BCUT2D eigenvalue weighted by Gasteiger charge is -2.25. The van der Waals surface area contributed by atoms with Gasteiger partial charge in [0, 0.05) is 6.61 Å². The van der Waals surface area contributed by atoms with E-state index in [2.05, 4.69) is 0 Å². The Kier molecular flexibility index (Phi) is 2.49. The maximum Gasteiger partial charge on any atom is 0.305 e. The van der Waals surface area contributed by atoms with Gasteiger partial charge in [-0.25, -0.2) is 0 Å². The Morgan fingerprint density at radius 3 is 2.55 bits per heavy atom. The highest BCUT2D eigenvalue weighted by Crippen LogP contribution is 2.22. The van der Waals surface area contributed by atoms with Crippen molar-refractivity contribution in [2.75, 3.05) is 13.2 Å². The molecule has 1 saturated heterocycles. The summed E-state index contributed by atoms with van der Waals surface area (Å²) >= 11 is 0. The van der Waals surface area contributed by atoms with E-state index in [1.165, 1.54) is 0 Å². The maximum atomic E-state index is 12.4. The van der Waals surface area contributed by atoms with Gasteiger partial charge in [-0.05, 0) is 12.3 Å². The molecule has 11 heavy (non-hydrogen) atoms. The molecule has 0 aromatic rings. The third-order valence-electron chi connectivity index (χ3n) is 1.92. The fourth-order valence-corrected chi connectivity index (χ4v) is 2.29. The number of ether oxygens (including phenoxy) is 1. The van der Waals surface area contributed by atoms with Crippen LogP contribution in [0.1, 0.15) is 13.3 Å². The summed E-state index contributed by atoms with van der Waals surface area (Å²) in [7, 11) is -4.36. The molecule has 0 aromatic carbocycles. The third kappa shape index (κ3) is 2.13. The Labute approximate surface area is 65.8 Å². The van der Waals surface area contributed by atoms with Crippen LogP contribution in [0.4, 0.5) is 3.89 Å². The van der Waals surface area contributed by atoms with Crippen LogP contribution in [0, 0.1) is 5.92 Å². The molecule has 1 fully saturated rings. The average Bonchev–Trinajstić information content (AvgIpc) is 1.86. The summed E-state index contributed by atoms with van der Waals surface area (Å²) in [6, 6.07) is 0. The van der Waals surface area contributed by atoms with Gasteiger partial charge in [0.1, 0.15) is 0 Å². The largest absolute Gasteiger partial charge is 0.381 e. The highest BCUT2D eigenvalue weighted by molar-refractivity contribution is 7.87. The molecule has 0 aromatic heterocycles. The molecule has 3 nitrogen and oxygen atoms in total. The van der Waals surface area contributed by atoms with Crippen LogP contribution in [0.2, 0.25) is 0 Å². The molecule has 5 heteroatoms. The van der Waals surface area contributed by atoms with Gasteiger partial charge in [-0.15, -0.1) is 3.89 Å². The van der Waals surface area contributed by atoms with E-state index in [1.807, 2.05) is 0 Å². The maximum absolute atomic E-state index is 12.4. The molecular formula is C6H11FO3S. The van der Waals surface area contributed by atoms with Gasteiger partial charge < -0.3 is 4.74 Å². The summed E-state index contributed by atoms with van der Waals surface area (Å²) in [5.41, 5.74) is 0. The predicted molar refractivity (Wildman–Crippen MR) is 38.4 cm³/mol. The molecule has 66 valence electrons. The Hall–Kier alpha value is -0.160. The van der Waals surface area contributed by atoms with Crippen molar-refractivity contribution in [3.63, 3.8) is 0 Å². The smallest absolute Gasteiger partial charge is 0.305 e. The third-order valence-corrected chi connectivity index (χ3v) is 3.35. The first-order valence-corrected chi connectivity index (χ1v) is 4.97. The molecule has 1 aliphatic rings. The van der Waals surface area contributed by atoms with Gasteiger partial charge in [0.25, 0.3) is 0 Å². The summed E-state index contributed by atoms with van der Waals surface area (Å²) in [5.74, 6) is -0.223. The Balaban J connectivity index is 2.70.